The molecule has 0 spiro atoms. The van der Waals surface area contributed by atoms with Gasteiger partial charge >= 0.3 is 5.97 Å². The van der Waals surface area contributed by atoms with Crippen LogP contribution in [0.25, 0.3) is 0 Å². The molecule has 1 heterocycles. The zero-order chi connectivity index (χ0) is 31.7. The van der Waals surface area contributed by atoms with E-state index in [-0.39, 0.29) is 18.2 Å². The average molecular weight is 595 g/mol. The van der Waals surface area contributed by atoms with Gasteiger partial charge in [0.1, 0.15) is 6.10 Å². The highest BCUT2D eigenvalue weighted by Gasteiger charge is 2.46. The Balaban J connectivity index is 2.32. The molecule has 0 radical (unpaired) electrons. The first kappa shape index (κ1) is 38.1. The standard InChI is InChI=1S/C34H62N2O6/c1-8-9-10-11-12-13-14-15-16-17-18-19-20-23-32(2,3)31(40)35-24-21-22-27(25-28(37)38)36-30(39)29-33(4,5)26-41-34(6,7)42-29/h14-15,27,29H,8-13,16-26H2,1-7H3,(H,35,40)(H,36,39)(H,37,38). The minimum atomic E-state index is -0.980. The lowest BCUT2D eigenvalue weighted by molar-refractivity contribution is -0.304. The molecule has 244 valence electrons. The number of rotatable bonds is 22. The largest absolute Gasteiger partial charge is 0.481 e. The van der Waals surface area contributed by atoms with Gasteiger partial charge in [-0.2, -0.15) is 0 Å². The lowest BCUT2D eigenvalue weighted by Gasteiger charge is -2.45. The topological polar surface area (TPSA) is 114 Å². The van der Waals surface area contributed by atoms with Crippen LogP contribution in [0.15, 0.2) is 12.2 Å². The van der Waals surface area contributed by atoms with Gasteiger partial charge < -0.3 is 25.2 Å². The van der Waals surface area contributed by atoms with Crippen molar-refractivity contribution in [3.63, 3.8) is 0 Å². The third-order valence-electron chi connectivity index (χ3n) is 8.10. The van der Waals surface area contributed by atoms with Crippen LogP contribution in [0.4, 0.5) is 0 Å². The van der Waals surface area contributed by atoms with Crippen LogP contribution in [-0.2, 0) is 23.9 Å². The second-order valence-electron chi connectivity index (χ2n) is 13.9. The Morgan fingerprint density at radius 2 is 1.52 bits per heavy atom. The Kier molecular flexibility index (Phi) is 17.6. The quantitative estimate of drug-likeness (QED) is 0.0895. The number of amides is 2. The van der Waals surface area contributed by atoms with Crippen molar-refractivity contribution in [2.75, 3.05) is 13.2 Å². The molecule has 0 aliphatic carbocycles. The Hall–Kier alpha value is -1.93. The molecule has 2 amide bonds. The van der Waals surface area contributed by atoms with E-state index in [0.717, 1.165) is 25.7 Å². The highest BCUT2D eigenvalue weighted by molar-refractivity contribution is 5.83. The van der Waals surface area contributed by atoms with Crippen molar-refractivity contribution in [3.05, 3.63) is 12.2 Å². The van der Waals surface area contributed by atoms with Gasteiger partial charge in [-0.3, -0.25) is 14.4 Å². The molecule has 3 N–H and O–H groups in total. The second kappa shape index (κ2) is 19.4. The third kappa shape index (κ3) is 16.1. The van der Waals surface area contributed by atoms with Crippen LogP contribution in [-0.4, -0.2) is 54.0 Å². The number of nitrogens with one attached hydrogen (secondary N) is 2. The van der Waals surface area contributed by atoms with E-state index in [4.69, 9.17) is 9.47 Å². The van der Waals surface area contributed by atoms with Gasteiger partial charge in [0.25, 0.3) is 0 Å². The summed E-state index contributed by atoms with van der Waals surface area (Å²) in [6.07, 6.45) is 19.1. The van der Waals surface area contributed by atoms with Crippen molar-refractivity contribution in [1.29, 1.82) is 0 Å². The van der Waals surface area contributed by atoms with Gasteiger partial charge in [-0.05, 0) is 58.8 Å². The number of carbonyl (C=O) groups is 3. The lowest BCUT2D eigenvalue weighted by Crippen LogP contribution is -2.57. The summed E-state index contributed by atoms with van der Waals surface area (Å²) in [5.74, 6) is -2.18. The summed E-state index contributed by atoms with van der Waals surface area (Å²) in [4.78, 5) is 37.4. The van der Waals surface area contributed by atoms with E-state index < -0.39 is 34.7 Å². The molecule has 0 bridgehead atoms. The molecule has 0 aromatic heterocycles. The predicted octanol–water partition coefficient (Wildman–Crippen LogP) is 7.30. The van der Waals surface area contributed by atoms with Crippen LogP contribution in [0.3, 0.4) is 0 Å². The first-order valence-corrected chi connectivity index (χ1v) is 16.5. The van der Waals surface area contributed by atoms with E-state index in [9.17, 15) is 19.5 Å². The molecular weight excluding hydrogens is 532 g/mol. The number of carboxylic acids is 1. The highest BCUT2D eigenvalue weighted by Crippen LogP contribution is 2.35. The van der Waals surface area contributed by atoms with Crippen LogP contribution in [0, 0.1) is 10.8 Å². The zero-order valence-corrected chi connectivity index (χ0v) is 27.8. The molecule has 42 heavy (non-hydrogen) atoms. The molecule has 2 atom stereocenters. The maximum atomic E-state index is 13.1. The molecule has 1 aliphatic heterocycles. The van der Waals surface area contributed by atoms with Crippen molar-refractivity contribution in [2.45, 2.75) is 163 Å². The number of hydrogen-bond donors (Lipinski definition) is 3. The summed E-state index contributed by atoms with van der Waals surface area (Å²) in [6, 6.07) is -0.550. The first-order valence-electron chi connectivity index (χ1n) is 16.5. The third-order valence-corrected chi connectivity index (χ3v) is 8.10. The van der Waals surface area contributed by atoms with Gasteiger partial charge in [-0.15, -0.1) is 0 Å². The van der Waals surface area contributed by atoms with Crippen molar-refractivity contribution in [3.8, 4) is 0 Å². The van der Waals surface area contributed by atoms with Gasteiger partial charge in [-0.1, -0.05) is 91.7 Å². The molecule has 2 unspecified atom stereocenters. The second-order valence-corrected chi connectivity index (χ2v) is 13.9. The smallest absolute Gasteiger partial charge is 0.305 e. The number of allylic oxidation sites excluding steroid dienone is 2. The Morgan fingerprint density at radius 1 is 0.929 bits per heavy atom. The summed E-state index contributed by atoms with van der Waals surface area (Å²) in [7, 11) is 0. The van der Waals surface area contributed by atoms with Crippen molar-refractivity contribution < 1.29 is 29.0 Å². The number of carboxylic acid groups (broad SMARTS) is 1. The van der Waals surface area contributed by atoms with Crippen molar-refractivity contribution in [2.24, 2.45) is 10.8 Å². The summed E-state index contributed by atoms with van der Waals surface area (Å²) in [5, 5.41) is 15.3. The molecule has 1 saturated heterocycles. The molecule has 0 saturated carbocycles. The first-order chi connectivity index (χ1) is 19.7. The molecule has 8 nitrogen and oxygen atoms in total. The Morgan fingerprint density at radius 3 is 2.12 bits per heavy atom. The number of ether oxygens (including phenoxy) is 2. The van der Waals surface area contributed by atoms with E-state index in [1.165, 1.54) is 51.4 Å². The number of unbranched alkanes of at least 4 members (excludes halogenated alkanes) is 9. The predicted molar refractivity (Wildman–Crippen MR) is 169 cm³/mol. The molecule has 0 aromatic rings. The highest BCUT2D eigenvalue weighted by atomic mass is 16.7. The van der Waals surface area contributed by atoms with Gasteiger partial charge in [0.15, 0.2) is 5.79 Å². The zero-order valence-electron chi connectivity index (χ0n) is 27.8. The van der Waals surface area contributed by atoms with Crippen molar-refractivity contribution in [1.82, 2.24) is 10.6 Å². The summed E-state index contributed by atoms with van der Waals surface area (Å²) >= 11 is 0. The SMILES string of the molecule is CCCCCCCC=CCCCCCCC(C)(C)C(=O)NCCCC(CC(=O)O)NC(=O)C1OC(C)(C)OCC1(C)C. The van der Waals surface area contributed by atoms with Crippen LogP contribution in [0.2, 0.25) is 0 Å². The number of aliphatic carboxylic acids is 1. The summed E-state index contributed by atoms with van der Waals surface area (Å²) in [6.45, 7) is 14.3. The fraction of sp³-hybridized carbons (Fsp3) is 0.853. The fourth-order valence-corrected chi connectivity index (χ4v) is 5.22. The maximum absolute atomic E-state index is 13.1. The van der Waals surface area contributed by atoms with Crippen LogP contribution in [0.5, 0.6) is 0 Å². The van der Waals surface area contributed by atoms with Crippen LogP contribution in [0.1, 0.15) is 145 Å². The molecule has 0 aromatic carbocycles. The Labute approximate surface area is 256 Å². The minimum Gasteiger partial charge on any atom is -0.481 e. The monoisotopic (exact) mass is 594 g/mol. The normalized spacial score (nSPS) is 19.0. The summed E-state index contributed by atoms with van der Waals surface area (Å²) < 4.78 is 11.6. The van der Waals surface area contributed by atoms with Gasteiger partial charge in [0.05, 0.1) is 13.0 Å². The van der Waals surface area contributed by atoms with Gasteiger partial charge in [-0.25, -0.2) is 0 Å². The molecule has 1 rings (SSSR count). The minimum absolute atomic E-state index is 0.0165. The van der Waals surface area contributed by atoms with Gasteiger partial charge in [0.2, 0.25) is 11.8 Å². The number of hydrogen-bond acceptors (Lipinski definition) is 5. The van der Waals surface area contributed by atoms with Gasteiger partial charge in [0, 0.05) is 23.4 Å². The van der Waals surface area contributed by atoms with E-state index in [0.29, 0.717) is 26.0 Å². The summed E-state index contributed by atoms with van der Waals surface area (Å²) in [5.41, 5.74) is -0.998. The molecule has 1 fully saturated rings. The van der Waals surface area contributed by atoms with E-state index >= 15 is 0 Å². The van der Waals surface area contributed by atoms with E-state index in [2.05, 4.69) is 29.7 Å². The van der Waals surface area contributed by atoms with Crippen LogP contribution >= 0.6 is 0 Å². The Bertz CT molecular complexity index is 836. The molecular formula is C34H62N2O6. The van der Waals surface area contributed by atoms with Crippen LogP contribution < -0.4 is 10.6 Å². The number of carbonyl (C=O) groups excluding carboxylic acids is 2. The lowest BCUT2D eigenvalue weighted by atomic mass is 9.85. The van der Waals surface area contributed by atoms with E-state index in [1.807, 2.05) is 27.7 Å². The van der Waals surface area contributed by atoms with Crippen molar-refractivity contribution >= 4 is 17.8 Å². The fourth-order valence-electron chi connectivity index (χ4n) is 5.22. The molecule has 1 aliphatic rings. The molecule has 8 heteroatoms. The average Bonchev–Trinajstić information content (AvgIpc) is 2.90. The maximum Gasteiger partial charge on any atom is 0.305 e. The van der Waals surface area contributed by atoms with E-state index in [1.54, 1.807) is 13.8 Å².